The van der Waals surface area contributed by atoms with Crippen LogP contribution in [0.1, 0.15) is 0 Å². The predicted molar refractivity (Wildman–Crippen MR) is 23.9 cm³/mol. The van der Waals surface area contributed by atoms with Crippen molar-refractivity contribution in [3.63, 3.8) is 0 Å². The molecule has 8 heavy (non-hydrogen) atoms. The van der Waals surface area contributed by atoms with Crippen LogP contribution in [0, 0.1) is 10.8 Å². The number of hydrogen-bond donors (Lipinski definition) is 2. The summed E-state index contributed by atoms with van der Waals surface area (Å²) in [7, 11) is 0. The number of rotatable bonds is 0. The van der Waals surface area contributed by atoms with E-state index < -0.39 is 0 Å². The van der Waals surface area contributed by atoms with E-state index in [1.807, 2.05) is 6.79 Å². The maximum atomic E-state index is 8.35. The highest BCUT2D eigenvalue weighted by Crippen LogP contribution is 0.871. The van der Waals surface area contributed by atoms with Gasteiger partial charge in [-0.1, -0.05) is 0 Å². The topological polar surface area (TPSA) is 98.9 Å². The third kappa shape index (κ3) is 21.1. The van der Waals surface area contributed by atoms with Gasteiger partial charge in [0.2, 0.25) is 12.2 Å². The van der Waals surface area contributed by atoms with Crippen LogP contribution in [0.25, 0.3) is 0 Å². The van der Waals surface area contributed by atoms with E-state index in [0.717, 1.165) is 12.2 Å². The Morgan fingerprint density at radius 3 is 1.00 bits per heavy atom. The highest BCUT2D eigenvalue weighted by Gasteiger charge is 1.04. The van der Waals surface area contributed by atoms with Crippen molar-refractivity contribution in [3.05, 3.63) is 0 Å². The van der Waals surface area contributed by atoms with Crippen LogP contribution in [0.5, 0.6) is 0 Å². The fourth-order valence-electron chi connectivity index (χ4n) is 0. The molecule has 5 nitrogen and oxygen atoms in total. The molecule has 2 N–H and O–H groups in total. The molecule has 0 fully saturated rings. The average molecular weight is 116 g/mol. The van der Waals surface area contributed by atoms with Crippen LogP contribution >= 0.6 is 0 Å². The molecule has 0 aromatic carbocycles. The predicted octanol–water partition coefficient (Wildman–Crippen LogP) is -0.383. The molecule has 0 radical (unpaired) electrons. The minimum absolute atomic E-state index is 0.750. The van der Waals surface area contributed by atoms with Gasteiger partial charge in [-0.2, -0.15) is 0 Å². The number of carbonyl (C=O) groups is 1. The van der Waals surface area contributed by atoms with Crippen molar-refractivity contribution in [2.45, 2.75) is 0 Å². The van der Waals surface area contributed by atoms with Crippen molar-refractivity contribution in [1.29, 1.82) is 10.8 Å². The lowest BCUT2D eigenvalue weighted by Crippen LogP contribution is -1.16. The smallest absolute Gasteiger partial charge is 0.231 e. The number of nitrogens with one attached hydrogen (secondary N) is 2. The van der Waals surface area contributed by atoms with Crippen molar-refractivity contribution < 1.29 is 14.4 Å². The summed E-state index contributed by atoms with van der Waals surface area (Å²) in [6.45, 7) is 2.00. The van der Waals surface area contributed by atoms with Crippen LogP contribution in [-0.4, -0.2) is 18.9 Å². The van der Waals surface area contributed by atoms with Crippen LogP contribution < -0.4 is 0 Å². The van der Waals surface area contributed by atoms with Crippen LogP contribution in [0.3, 0.4) is 0 Å². The molecule has 0 aliphatic carbocycles. The minimum Gasteiger partial charge on any atom is -0.307 e. The molecule has 0 aliphatic heterocycles. The lowest BCUT2D eigenvalue weighted by molar-refractivity contribution is -0.0979. The van der Waals surface area contributed by atoms with Gasteiger partial charge in [0.1, 0.15) is 6.79 Å². The first-order valence-corrected chi connectivity index (χ1v) is 1.20. The number of hydrogen-bond acceptors (Lipinski definition) is 5. The molecule has 44 valence electrons. The highest BCUT2D eigenvalue weighted by atomic mass is 16.1. The Hall–Kier alpha value is -1.57. The van der Waals surface area contributed by atoms with Crippen LogP contribution in [-0.2, 0) is 14.4 Å². The molecule has 0 aliphatic rings. The van der Waals surface area contributed by atoms with Gasteiger partial charge in [0.05, 0.1) is 0 Å². The summed E-state index contributed by atoms with van der Waals surface area (Å²) in [4.78, 5) is 24.7. The van der Waals surface area contributed by atoms with Gasteiger partial charge in [-0.3, -0.25) is 0 Å². The summed E-state index contributed by atoms with van der Waals surface area (Å²) in [6, 6.07) is 0. The van der Waals surface area contributed by atoms with Gasteiger partial charge in [0.25, 0.3) is 0 Å². The van der Waals surface area contributed by atoms with Crippen molar-refractivity contribution in [2.75, 3.05) is 0 Å². The van der Waals surface area contributed by atoms with Crippen molar-refractivity contribution in [3.8, 4) is 0 Å². The van der Waals surface area contributed by atoms with Crippen molar-refractivity contribution >= 4 is 18.9 Å². The summed E-state index contributed by atoms with van der Waals surface area (Å²) in [5, 5.41) is 10.8. The maximum Gasteiger partial charge on any atom is 0.231 e. The standard InChI is InChI=1S/2CHNO.CH2O/c2*2-1-3;1-2/h2*2H;1H2. The zero-order valence-corrected chi connectivity index (χ0v) is 3.93. The molecular formula is C3H4N2O3. The zero-order chi connectivity index (χ0) is 7.41. The Balaban J connectivity index is -0.0000000483. The second kappa shape index (κ2) is 576. The first-order chi connectivity index (χ1) is 3.83. The van der Waals surface area contributed by atoms with E-state index in [9.17, 15) is 0 Å². The van der Waals surface area contributed by atoms with Gasteiger partial charge in [0.15, 0.2) is 0 Å². The summed E-state index contributed by atoms with van der Waals surface area (Å²) < 4.78 is 0. The van der Waals surface area contributed by atoms with E-state index in [1.54, 1.807) is 0 Å². The molecule has 0 spiro atoms. The largest absolute Gasteiger partial charge is 0.307 e. The molecule has 0 bridgehead atoms. The summed E-state index contributed by atoms with van der Waals surface area (Å²) >= 11 is 0. The fraction of sp³-hybridized carbons (Fsp3) is 0. The second-order valence-electron chi connectivity index (χ2n) is 0.204. The van der Waals surface area contributed by atoms with E-state index in [1.165, 1.54) is 0 Å². The average Bonchev–Trinajstić information content (AvgIpc) is 1.75. The molecule has 0 rings (SSSR count). The summed E-state index contributed by atoms with van der Waals surface area (Å²) in [5.74, 6) is 0. The monoisotopic (exact) mass is 116 g/mol. The van der Waals surface area contributed by atoms with Gasteiger partial charge in [-0.25, -0.2) is 20.4 Å². The maximum absolute atomic E-state index is 8.35. The van der Waals surface area contributed by atoms with Gasteiger partial charge in [-0.05, 0) is 0 Å². The Bertz CT molecular complexity index is 76.7. The number of isocyanates is 2. The molecule has 0 aromatic rings. The van der Waals surface area contributed by atoms with Crippen molar-refractivity contribution in [2.24, 2.45) is 0 Å². The normalized spacial score (nSPS) is 2.50. The quantitative estimate of drug-likeness (QED) is 0.333. The van der Waals surface area contributed by atoms with Crippen LogP contribution in [0.15, 0.2) is 0 Å². The van der Waals surface area contributed by atoms with Gasteiger partial charge in [0, 0.05) is 0 Å². The molecule has 0 unspecified atom stereocenters. The third-order valence-corrected chi connectivity index (χ3v) is 0. The molecule has 0 amide bonds. The van der Waals surface area contributed by atoms with Gasteiger partial charge >= 0.3 is 0 Å². The van der Waals surface area contributed by atoms with Gasteiger partial charge in [-0.15, -0.1) is 0 Å². The Labute approximate surface area is 45.3 Å². The Kier molecular flexibility index (Phi) is 1160. The Morgan fingerprint density at radius 2 is 1.00 bits per heavy atom. The molecule has 0 saturated carbocycles. The first kappa shape index (κ1) is 16.1. The highest BCUT2D eigenvalue weighted by molar-refractivity contribution is 5.26. The minimum atomic E-state index is 0.750. The van der Waals surface area contributed by atoms with E-state index in [2.05, 4.69) is 0 Å². The fourth-order valence-corrected chi connectivity index (χ4v) is 0. The SMILES string of the molecule is C=O.N=C=O.N=C=O. The lowest BCUT2D eigenvalue weighted by Gasteiger charge is -1.02. The van der Waals surface area contributed by atoms with Crippen LogP contribution in [0.4, 0.5) is 0 Å². The second-order valence-corrected chi connectivity index (χ2v) is 0.204. The van der Waals surface area contributed by atoms with Gasteiger partial charge < -0.3 is 4.79 Å². The van der Waals surface area contributed by atoms with E-state index in [0.29, 0.717) is 0 Å². The summed E-state index contributed by atoms with van der Waals surface area (Å²) in [5.41, 5.74) is 0. The first-order valence-electron chi connectivity index (χ1n) is 1.20. The molecule has 0 aromatic heterocycles. The van der Waals surface area contributed by atoms with Crippen LogP contribution in [0.2, 0.25) is 0 Å². The molecule has 0 heterocycles. The number of carbonyl (C=O) groups excluding carboxylic acids is 3. The van der Waals surface area contributed by atoms with Crippen molar-refractivity contribution in [1.82, 2.24) is 0 Å². The molecule has 0 atom stereocenters. The molecule has 0 saturated heterocycles. The van der Waals surface area contributed by atoms with E-state index >= 15 is 0 Å². The van der Waals surface area contributed by atoms with E-state index in [-0.39, 0.29) is 0 Å². The molecular weight excluding hydrogens is 112 g/mol. The molecule has 5 heteroatoms. The lowest BCUT2D eigenvalue weighted by atomic mass is 11.7. The zero-order valence-electron chi connectivity index (χ0n) is 3.93. The Morgan fingerprint density at radius 1 is 1.00 bits per heavy atom. The third-order valence-electron chi connectivity index (χ3n) is 0. The summed E-state index contributed by atoms with van der Waals surface area (Å²) in [6.07, 6.45) is 1.50. The van der Waals surface area contributed by atoms with E-state index in [4.69, 9.17) is 25.2 Å².